The number of nitrogens with one attached hydrogen (secondary N) is 1. The van der Waals surface area contributed by atoms with Gasteiger partial charge in [-0.25, -0.2) is 9.78 Å². The Labute approximate surface area is 157 Å². The van der Waals surface area contributed by atoms with E-state index >= 15 is 0 Å². The Bertz CT molecular complexity index is 970. The smallest absolute Gasteiger partial charge is 0.345 e. The number of aromatic nitrogens is 1. The fourth-order valence-corrected chi connectivity index (χ4v) is 2.86. The summed E-state index contributed by atoms with van der Waals surface area (Å²) in [4.78, 5) is 37.5. The molecule has 27 heavy (non-hydrogen) atoms. The van der Waals surface area contributed by atoms with E-state index in [0.717, 1.165) is 17.3 Å². The van der Waals surface area contributed by atoms with Crippen molar-refractivity contribution < 1.29 is 19.2 Å². The van der Waals surface area contributed by atoms with E-state index in [2.05, 4.69) is 10.3 Å². The van der Waals surface area contributed by atoms with E-state index in [1.807, 2.05) is 30.3 Å². The number of hydrogen-bond donors (Lipinski definition) is 1. The number of ether oxygens (including phenoxy) is 1. The van der Waals surface area contributed by atoms with Crippen LogP contribution in [-0.4, -0.2) is 28.4 Å². The van der Waals surface area contributed by atoms with E-state index in [-0.39, 0.29) is 10.1 Å². The number of esters is 1. The molecule has 2 aromatic carbocycles. The van der Waals surface area contributed by atoms with Crippen molar-refractivity contribution in [2.45, 2.75) is 0 Å². The second kappa shape index (κ2) is 8.19. The van der Waals surface area contributed by atoms with Crippen molar-refractivity contribution in [2.75, 3.05) is 11.9 Å². The molecule has 0 aliphatic carbocycles. The first kappa shape index (κ1) is 18.2. The molecule has 0 atom stereocenters. The molecule has 0 saturated heterocycles. The maximum Gasteiger partial charge on any atom is 0.345 e. The van der Waals surface area contributed by atoms with Gasteiger partial charge in [-0.3, -0.25) is 20.2 Å². The Morgan fingerprint density at radius 3 is 2.37 bits per heavy atom. The maximum absolute atomic E-state index is 12.0. The van der Waals surface area contributed by atoms with E-state index in [1.165, 1.54) is 0 Å². The van der Waals surface area contributed by atoms with Crippen LogP contribution in [0.25, 0.3) is 11.1 Å². The molecule has 1 N–H and O–H groups in total. The first-order chi connectivity index (χ1) is 13.0. The van der Waals surface area contributed by atoms with Crippen LogP contribution in [0, 0.1) is 10.1 Å². The van der Waals surface area contributed by atoms with Crippen LogP contribution in [0.3, 0.4) is 0 Å². The molecule has 9 heteroatoms. The number of hydrogen-bond acceptors (Lipinski definition) is 7. The third kappa shape index (κ3) is 4.73. The van der Waals surface area contributed by atoms with Crippen LogP contribution in [0.1, 0.15) is 10.4 Å². The molecule has 1 heterocycles. The lowest BCUT2D eigenvalue weighted by Gasteiger charge is -2.06. The van der Waals surface area contributed by atoms with Crippen molar-refractivity contribution in [2.24, 2.45) is 0 Å². The molecule has 0 bridgehead atoms. The van der Waals surface area contributed by atoms with Crippen LogP contribution < -0.4 is 5.32 Å². The molecule has 136 valence electrons. The number of nitrogens with zero attached hydrogens (tertiary/aromatic N) is 2. The number of nitro groups is 1. The van der Waals surface area contributed by atoms with Crippen molar-refractivity contribution in [3.8, 4) is 11.1 Å². The van der Waals surface area contributed by atoms with Gasteiger partial charge in [-0.05, 0) is 34.6 Å². The van der Waals surface area contributed by atoms with Gasteiger partial charge in [0.2, 0.25) is 0 Å². The van der Waals surface area contributed by atoms with Gasteiger partial charge in [0.1, 0.15) is 6.20 Å². The van der Waals surface area contributed by atoms with Gasteiger partial charge in [0.05, 0.1) is 10.5 Å². The minimum atomic E-state index is -0.644. The molecule has 0 aliphatic heterocycles. The van der Waals surface area contributed by atoms with Crippen LogP contribution in [-0.2, 0) is 9.53 Å². The van der Waals surface area contributed by atoms with Crippen molar-refractivity contribution in [3.63, 3.8) is 0 Å². The lowest BCUT2D eigenvalue weighted by Crippen LogP contribution is -2.20. The summed E-state index contributed by atoms with van der Waals surface area (Å²) in [5.74, 6) is -1.27. The Morgan fingerprint density at radius 1 is 1.07 bits per heavy atom. The third-order valence-corrected chi connectivity index (χ3v) is 4.35. The quantitative estimate of drug-likeness (QED) is 0.396. The number of carbonyl (C=O) groups excluding carboxylic acids is 2. The molecule has 3 rings (SSSR count). The van der Waals surface area contributed by atoms with Gasteiger partial charge in [0.25, 0.3) is 5.91 Å². The zero-order valence-corrected chi connectivity index (χ0v) is 14.6. The lowest BCUT2D eigenvalue weighted by atomic mass is 10.0. The Morgan fingerprint density at radius 2 is 1.74 bits per heavy atom. The van der Waals surface area contributed by atoms with Gasteiger partial charge in [-0.2, -0.15) is 0 Å². The number of rotatable bonds is 6. The Hall–Kier alpha value is -3.59. The van der Waals surface area contributed by atoms with E-state index in [1.54, 1.807) is 24.3 Å². The molecule has 0 fully saturated rings. The highest BCUT2D eigenvalue weighted by Gasteiger charge is 2.15. The summed E-state index contributed by atoms with van der Waals surface area (Å²) in [5, 5.41) is 12.8. The summed E-state index contributed by atoms with van der Waals surface area (Å²) in [5.41, 5.74) is 2.29. The van der Waals surface area contributed by atoms with Crippen LogP contribution in [0.5, 0.6) is 0 Å². The first-order valence-electron chi connectivity index (χ1n) is 7.75. The highest BCUT2D eigenvalue weighted by Crippen LogP contribution is 2.24. The van der Waals surface area contributed by atoms with Crippen molar-refractivity contribution in [1.29, 1.82) is 0 Å². The van der Waals surface area contributed by atoms with Gasteiger partial charge >= 0.3 is 11.0 Å². The molecule has 8 nitrogen and oxygen atoms in total. The maximum atomic E-state index is 12.0. The molecular weight excluding hydrogens is 370 g/mol. The van der Waals surface area contributed by atoms with Crippen molar-refractivity contribution in [1.82, 2.24) is 4.98 Å². The molecule has 0 aliphatic rings. The zero-order chi connectivity index (χ0) is 19.2. The summed E-state index contributed by atoms with van der Waals surface area (Å²) in [7, 11) is 0. The molecule has 1 aromatic heterocycles. The lowest BCUT2D eigenvalue weighted by molar-refractivity contribution is -0.380. The largest absolute Gasteiger partial charge is 0.452 e. The van der Waals surface area contributed by atoms with Crippen LogP contribution in [0.4, 0.5) is 10.1 Å². The third-order valence-electron chi connectivity index (χ3n) is 3.48. The number of thiazole rings is 1. The number of amides is 1. The van der Waals surface area contributed by atoms with Gasteiger partial charge in [0, 0.05) is 0 Å². The summed E-state index contributed by atoms with van der Waals surface area (Å²) < 4.78 is 4.95. The summed E-state index contributed by atoms with van der Waals surface area (Å²) in [6.07, 6.45) is 1.04. The van der Waals surface area contributed by atoms with Gasteiger partial charge in [0.15, 0.2) is 11.7 Å². The van der Waals surface area contributed by atoms with Crippen molar-refractivity contribution in [3.05, 3.63) is 76.5 Å². The van der Waals surface area contributed by atoms with Crippen LogP contribution >= 0.6 is 11.3 Å². The fraction of sp³-hybridized carbons (Fsp3) is 0.0556. The van der Waals surface area contributed by atoms with Gasteiger partial charge in [-0.1, -0.05) is 42.5 Å². The van der Waals surface area contributed by atoms with E-state index in [4.69, 9.17) is 4.74 Å². The molecule has 0 spiro atoms. The molecule has 0 saturated carbocycles. The van der Waals surface area contributed by atoms with Crippen LogP contribution in [0.15, 0.2) is 60.8 Å². The Balaban J connectivity index is 1.54. The minimum absolute atomic E-state index is 0.0648. The van der Waals surface area contributed by atoms with E-state index in [9.17, 15) is 19.7 Å². The molecular formula is C18H13N3O5S. The summed E-state index contributed by atoms with van der Waals surface area (Å²) >= 11 is 0.717. The molecule has 0 unspecified atom stereocenters. The van der Waals surface area contributed by atoms with E-state index < -0.39 is 23.4 Å². The monoisotopic (exact) mass is 383 g/mol. The summed E-state index contributed by atoms with van der Waals surface area (Å²) in [6.45, 7) is -0.521. The number of carbonyl (C=O) groups is 2. The van der Waals surface area contributed by atoms with Gasteiger partial charge < -0.3 is 4.74 Å². The molecule has 1 amide bonds. The molecule has 0 radical (unpaired) electrons. The average molecular weight is 383 g/mol. The van der Waals surface area contributed by atoms with Crippen LogP contribution in [0.2, 0.25) is 0 Å². The standard InChI is InChI=1S/C18H13N3O5S/c22-15(20-18-19-10-16(27-18)21(24)25)11-26-17(23)14-8-6-13(7-9-14)12-4-2-1-3-5-12/h1-10H,11H2,(H,19,20,22). The minimum Gasteiger partial charge on any atom is -0.452 e. The predicted octanol–water partition coefficient (Wildman–Crippen LogP) is 3.51. The topological polar surface area (TPSA) is 111 Å². The Kier molecular flexibility index (Phi) is 5.53. The van der Waals surface area contributed by atoms with E-state index in [0.29, 0.717) is 16.9 Å². The second-order valence-electron chi connectivity index (χ2n) is 5.33. The first-order valence-corrected chi connectivity index (χ1v) is 8.57. The second-order valence-corrected chi connectivity index (χ2v) is 6.34. The number of anilines is 1. The highest BCUT2D eigenvalue weighted by atomic mass is 32.1. The SMILES string of the molecule is O=C(COC(=O)c1ccc(-c2ccccc2)cc1)Nc1ncc([N+](=O)[O-])s1. The average Bonchev–Trinajstić information content (AvgIpc) is 3.16. The normalized spacial score (nSPS) is 10.2. The van der Waals surface area contributed by atoms with Gasteiger partial charge in [-0.15, -0.1) is 0 Å². The fourth-order valence-electron chi connectivity index (χ4n) is 2.21. The summed E-state index contributed by atoms with van der Waals surface area (Å²) in [6, 6.07) is 16.5. The molecule has 3 aromatic rings. The predicted molar refractivity (Wildman–Crippen MR) is 99.6 cm³/mol. The highest BCUT2D eigenvalue weighted by molar-refractivity contribution is 7.18. The van der Waals surface area contributed by atoms with Crippen molar-refractivity contribution >= 4 is 33.3 Å². The zero-order valence-electron chi connectivity index (χ0n) is 13.8. The number of benzene rings is 2.